The van der Waals surface area contributed by atoms with E-state index >= 15 is 0 Å². The summed E-state index contributed by atoms with van der Waals surface area (Å²) in [5.74, 6) is 0.928. The van der Waals surface area contributed by atoms with Crippen LogP contribution >= 0.6 is 11.8 Å². The molecule has 0 amide bonds. The molecule has 0 aliphatic carbocycles. The fourth-order valence-electron chi connectivity index (χ4n) is 0.858. The molecular formula is C8H17NOS. The molecule has 0 fully saturated rings. The number of hydrogen-bond donors (Lipinski definition) is 0. The third-order valence-electron chi connectivity index (χ3n) is 1.61. The maximum atomic E-state index is 10.5. The summed E-state index contributed by atoms with van der Waals surface area (Å²) < 4.78 is 0. The van der Waals surface area contributed by atoms with Crippen molar-refractivity contribution >= 4 is 16.9 Å². The van der Waals surface area contributed by atoms with E-state index in [0.717, 1.165) is 25.4 Å². The van der Waals surface area contributed by atoms with Crippen LogP contribution in [0.4, 0.5) is 0 Å². The first-order valence-electron chi connectivity index (χ1n) is 4.06. The fraction of sp³-hybridized carbons (Fsp3) is 0.875. The van der Waals surface area contributed by atoms with Gasteiger partial charge >= 0.3 is 0 Å². The zero-order valence-corrected chi connectivity index (χ0v) is 8.41. The van der Waals surface area contributed by atoms with Crippen molar-refractivity contribution in [1.29, 1.82) is 0 Å². The summed E-state index contributed by atoms with van der Waals surface area (Å²) in [4.78, 5) is 12.9. The molecule has 0 aromatic heterocycles. The molecule has 0 N–H and O–H groups in total. The Morgan fingerprint density at radius 1 is 1.36 bits per heavy atom. The van der Waals surface area contributed by atoms with Gasteiger partial charge in [-0.2, -0.15) is 0 Å². The van der Waals surface area contributed by atoms with Gasteiger partial charge in [0.15, 0.2) is 5.12 Å². The Morgan fingerprint density at radius 3 is 2.27 bits per heavy atom. The number of hydrogen-bond acceptors (Lipinski definition) is 3. The number of carbonyl (C=O) groups is 1. The molecule has 0 atom stereocenters. The van der Waals surface area contributed by atoms with Crippen molar-refractivity contribution in [2.45, 2.75) is 20.8 Å². The first-order valence-corrected chi connectivity index (χ1v) is 5.05. The van der Waals surface area contributed by atoms with Crippen LogP contribution in [0.1, 0.15) is 20.8 Å². The predicted molar refractivity (Wildman–Crippen MR) is 50.9 cm³/mol. The predicted octanol–water partition coefficient (Wildman–Crippen LogP) is 1.61. The Balaban J connectivity index is 3.28. The Labute approximate surface area is 73.3 Å². The van der Waals surface area contributed by atoms with Gasteiger partial charge in [-0.15, -0.1) is 0 Å². The molecule has 0 spiro atoms. The van der Waals surface area contributed by atoms with E-state index in [9.17, 15) is 4.79 Å². The number of rotatable bonds is 5. The SMILES string of the molecule is CCN(CC)CCSC(C)=O. The van der Waals surface area contributed by atoms with Crippen LogP contribution in [-0.4, -0.2) is 35.4 Å². The smallest absolute Gasteiger partial charge is 0.185 e. The minimum absolute atomic E-state index is 0.220. The van der Waals surface area contributed by atoms with Gasteiger partial charge in [-0.1, -0.05) is 25.6 Å². The van der Waals surface area contributed by atoms with E-state index in [0.29, 0.717) is 0 Å². The Morgan fingerprint density at radius 2 is 1.91 bits per heavy atom. The van der Waals surface area contributed by atoms with Crippen LogP contribution in [0, 0.1) is 0 Å². The van der Waals surface area contributed by atoms with Crippen molar-refractivity contribution in [1.82, 2.24) is 4.90 Å². The van der Waals surface area contributed by atoms with E-state index in [1.807, 2.05) is 0 Å². The Hall–Kier alpha value is -0.0200. The summed E-state index contributed by atoms with van der Waals surface area (Å²) in [7, 11) is 0. The second kappa shape index (κ2) is 6.68. The van der Waals surface area contributed by atoms with Gasteiger partial charge in [0, 0.05) is 19.2 Å². The quantitative estimate of drug-likeness (QED) is 0.633. The maximum absolute atomic E-state index is 10.5. The van der Waals surface area contributed by atoms with Gasteiger partial charge in [0.05, 0.1) is 0 Å². The number of carbonyl (C=O) groups excluding carboxylic acids is 1. The third kappa shape index (κ3) is 6.38. The first-order chi connectivity index (χ1) is 5.20. The summed E-state index contributed by atoms with van der Waals surface area (Å²) in [6.45, 7) is 9.08. The molecule has 2 nitrogen and oxygen atoms in total. The summed E-state index contributed by atoms with van der Waals surface area (Å²) in [6, 6.07) is 0. The monoisotopic (exact) mass is 175 g/mol. The molecule has 0 aliphatic rings. The molecule has 0 saturated heterocycles. The van der Waals surface area contributed by atoms with E-state index in [4.69, 9.17) is 0 Å². The molecule has 0 aromatic rings. The summed E-state index contributed by atoms with van der Waals surface area (Å²) >= 11 is 1.41. The molecule has 66 valence electrons. The number of nitrogens with zero attached hydrogens (tertiary/aromatic N) is 1. The van der Waals surface area contributed by atoms with Gasteiger partial charge in [-0.25, -0.2) is 0 Å². The zero-order valence-electron chi connectivity index (χ0n) is 7.59. The minimum Gasteiger partial charge on any atom is -0.303 e. The van der Waals surface area contributed by atoms with Gasteiger partial charge in [-0.3, -0.25) is 4.79 Å². The molecule has 3 heteroatoms. The highest BCUT2D eigenvalue weighted by molar-refractivity contribution is 8.13. The van der Waals surface area contributed by atoms with Gasteiger partial charge in [0.25, 0.3) is 0 Å². The zero-order chi connectivity index (χ0) is 8.69. The van der Waals surface area contributed by atoms with Gasteiger partial charge in [-0.05, 0) is 13.1 Å². The molecule has 0 bridgehead atoms. The second-order valence-electron chi connectivity index (χ2n) is 2.37. The van der Waals surface area contributed by atoms with Crippen LogP contribution in [-0.2, 0) is 4.79 Å². The molecule has 0 rings (SSSR count). The lowest BCUT2D eigenvalue weighted by Gasteiger charge is -2.16. The van der Waals surface area contributed by atoms with Crippen molar-refractivity contribution < 1.29 is 4.79 Å². The average molecular weight is 175 g/mol. The van der Waals surface area contributed by atoms with Crippen LogP contribution in [0.25, 0.3) is 0 Å². The summed E-state index contributed by atoms with van der Waals surface area (Å²) in [6.07, 6.45) is 0. The van der Waals surface area contributed by atoms with E-state index < -0.39 is 0 Å². The highest BCUT2D eigenvalue weighted by Crippen LogP contribution is 2.01. The largest absolute Gasteiger partial charge is 0.303 e. The van der Waals surface area contributed by atoms with Crippen molar-refractivity contribution in [2.24, 2.45) is 0 Å². The highest BCUT2D eigenvalue weighted by Gasteiger charge is 1.99. The van der Waals surface area contributed by atoms with Crippen LogP contribution in [0.5, 0.6) is 0 Å². The Kier molecular flexibility index (Phi) is 6.66. The van der Waals surface area contributed by atoms with E-state index in [1.165, 1.54) is 11.8 Å². The fourth-order valence-corrected chi connectivity index (χ4v) is 1.50. The lowest BCUT2D eigenvalue weighted by Crippen LogP contribution is -2.25. The maximum Gasteiger partial charge on any atom is 0.185 e. The van der Waals surface area contributed by atoms with Crippen LogP contribution in [0.3, 0.4) is 0 Å². The topological polar surface area (TPSA) is 20.3 Å². The number of thioether (sulfide) groups is 1. The molecule has 0 radical (unpaired) electrons. The third-order valence-corrected chi connectivity index (χ3v) is 2.40. The van der Waals surface area contributed by atoms with Crippen molar-refractivity contribution in [3.05, 3.63) is 0 Å². The van der Waals surface area contributed by atoms with Crippen LogP contribution in [0.2, 0.25) is 0 Å². The molecule has 0 aromatic carbocycles. The molecule has 0 unspecified atom stereocenters. The molecular weight excluding hydrogens is 158 g/mol. The van der Waals surface area contributed by atoms with E-state index in [2.05, 4.69) is 18.7 Å². The Bertz CT molecular complexity index is 113. The van der Waals surface area contributed by atoms with Gasteiger partial charge in [0.1, 0.15) is 0 Å². The van der Waals surface area contributed by atoms with Crippen LogP contribution in [0.15, 0.2) is 0 Å². The molecule has 11 heavy (non-hydrogen) atoms. The first kappa shape index (κ1) is 11.0. The van der Waals surface area contributed by atoms with Crippen molar-refractivity contribution in [3.63, 3.8) is 0 Å². The summed E-state index contributed by atoms with van der Waals surface area (Å²) in [5, 5.41) is 0.220. The molecule has 0 aliphatic heterocycles. The second-order valence-corrected chi connectivity index (χ2v) is 3.64. The van der Waals surface area contributed by atoms with E-state index in [1.54, 1.807) is 6.92 Å². The summed E-state index contributed by atoms with van der Waals surface area (Å²) in [5.41, 5.74) is 0. The lowest BCUT2D eigenvalue weighted by molar-refractivity contribution is -0.109. The van der Waals surface area contributed by atoms with Crippen molar-refractivity contribution in [3.8, 4) is 0 Å². The van der Waals surface area contributed by atoms with E-state index in [-0.39, 0.29) is 5.12 Å². The average Bonchev–Trinajstić information content (AvgIpc) is 1.98. The van der Waals surface area contributed by atoms with Crippen LogP contribution < -0.4 is 0 Å². The lowest BCUT2D eigenvalue weighted by atomic mass is 10.5. The van der Waals surface area contributed by atoms with Gasteiger partial charge < -0.3 is 4.90 Å². The van der Waals surface area contributed by atoms with Crippen molar-refractivity contribution in [2.75, 3.05) is 25.4 Å². The normalized spacial score (nSPS) is 10.5. The minimum atomic E-state index is 0.220. The highest BCUT2D eigenvalue weighted by atomic mass is 32.2. The molecule has 0 heterocycles. The standard InChI is InChI=1S/C8H17NOS/c1-4-9(5-2)6-7-11-8(3)10/h4-7H2,1-3H3. The molecule has 0 saturated carbocycles. The van der Waals surface area contributed by atoms with Gasteiger partial charge in [0.2, 0.25) is 0 Å².